The normalized spacial score (nSPS) is 12.8. The van der Waals surface area contributed by atoms with E-state index in [2.05, 4.69) is 10.5 Å². The van der Waals surface area contributed by atoms with E-state index in [1.54, 1.807) is 0 Å². The van der Waals surface area contributed by atoms with Gasteiger partial charge in [0.2, 0.25) is 5.91 Å². The van der Waals surface area contributed by atoms with Crippen LogP contribution in [0.5, 0.6) is 5.75 Å². The van der Waals surface area contributed by atoms with Crippen molar-refractivity contribution in [1.29, 1.82) is 0 Å². The number of hydrogen-bond acceptors (Lipinski definition) is 4. The van der Waals surface area contributed by atoms with Crippen molar-refractivity contribution >= 4 is 11.7 Å². The molecule has 0 bridgehead atoms. The molecule has 1 aromatic carbocycles. The Kier molecular flexibility index (Phi) is 7.08. The summed E-state index contributed by atoms with van der Waals surface area (Å²) in [5.41, 5.74) is 6.65. The van der Waals surface area contributed by atoms with E-state index in [9.17, 15) is 4.79 Å². The minimum Gasteiger partial charge on any atom is -0.493 e. The molecule has 0 aliphatic carbocycles. The van der Waals surface area contributed by atoms with E-state index in [0.717, 1.165) is 17.7 Å². The molecule has 0 heterocycles. The zero-order valence-corrected chi connectivity index (χ0v) is 12.5. The van der Waals surface area contributed by atoms with Gasteiger partial charge in [-0.3, -0.25) is 4.79 Å². The van der Waals surface area contributed by atoms with Gasteiger partial charge in [-0.25, -0.2) is 0 Å². The van der Waals surface area contributed by atoms with Gasteiger partial charge < -0.3 is 21.0 Å². The fourth-order valence-electron chi connectivity index (χ4n) is 1.89. The van der Waals surface area contributed by atoms with Crippen LogP contribution in [0.15, 0.2) is 29.4 Å². The first kappa shape index (κ1) is 16.8. The summed E-state index contributed by atoms with van der Waals surface area (Å²) >= 11 is 0. The van der Waals surface area contributed by atoms with Crippen molar-refractivity contribution in [3.63, 3.8) is 0 Å². The lowest BCUT2D eigenvalue weighted by molar-refractivity contribution is -0.121. The molecule has 0 radical (unpaired) electrons. The number of nitrogens with two attached hydrogens (primary N) is 1. The number of amides is 1. The summed E-state index contributed by atoms with van der Waals surface area (Å²) < 4.78 is 5.51. The Hall–Kier alpha value is -2.24. The van der Waals surface area contributed by atoms with E-state index >= 15 is 0 Å². The number of oxime groups is 1. The van der Waals surface area contributed by atoms with Crippen molar-refractivity contribution in [1.82, 2.24) is 5.32 Å². The molecule has 21 heavy (non-hydrogen) atoms. The third-order valence-corrected chi connectivity index (χ3v) is 2.97. The van der Waals surface area contributed by atoms with E-state index in [0.29, 0.717) is 6.42 Å². The Morgan fingerprint density at radius 2 is 2.29 bits per heavy atom. The monoisotopic (exact) mass is 293 g/mol. The molecule has 1 atom stereocenters. The van der Waals surface area contributed by atoms with Gasteiger partial charge in [-0.15, -0.1) is 0 Å². The molecule has 0 saturated carbocycles. The molecule has 1 unspecified atom stereocenters. The molecule has 1 amide bonds. The number of hydrogen-bond donors (Lipinski definition) is 3. The van der Waals surface area contributed by atoms with Gasteiger partial charge in [-0.2, -0.15) is 0 Å². The molecule has 0 aromatic heterocycles. The summed E-state index contributed by atoms with van der Waals surface area (Å²) in [5, 5.41) is 14.4. The van der Waals surface area contributed by atoms with Gasteiger partial charge in [0.1, 0.15) is 5.75 Å². The minimum atomic E-state index is -0.438. The number of nitrogens with one attached hydrogen (secondary N) is 1. The maximum absolute atomic E-state index is 11.8. The van der Waals surface area contributed by atoms with Gasteiger partial charge in [0.25, 0.3) is 0 Å². The molecule has 0 fully saturated rings. The average molecular weight is 293 g/mol. The van der Waals surface area contributed by atoms with Crippen molar-refractivity contribution in [3.05, 3.63) is 29.8 Å². The summed E-state index contributed by atoms with van der Waals surface area (Å²) in [4.78, 5) is 11.8. The standard InChI is InChI=1S/C15H23N3O3/c1-3-5-13(15(16)18-20)17-14(19)8-9-21-12-7-4-6-11(2)10-12/h4,6-7,10,13,20H,3,5,8-9H2,1-2H3,(H2,16,18)(H,17,19). The van der Waals surface area contributed by atoms with Crippen molar-refractivity contribution in [2.75, 3.05) is 6.61 Å². The number of aryl methyl sites for hydroxylation is 1. The topological polar surface area (TPSA) is 96.9 Å². The van der Waals surface area contributed by atoms with E-state index < -0.39 is 6.04 Å². The largest absolute Gasteiger partial charge is 0.493 e. The van der Waals surface area contributed by atoms with Gasteiger partial charge in [0, 0.05) is 0 Å². The van der Waals surface area contributed by atoms with Gasteiger partial charge in [0.15, 0.2) is 5.84 Å². The maximum Gasteiger partial charge on any atom is 0.224 e. The fourth-order valence-corrected chi connectivity index (χ4v) is 1.89. The first-order valence-corrected chi connectivity index (χ1v) is 7.03. The Bertz CT molecular complexity index is 489. The van der Waals surface area contributed by atoms with E-state index in [1.165, 1.54) is 0 Å². The fraction of sp³-hybridized carbons (Fsp3) is 0.467. The smallest absolute Gasteiger partial charge is 0.224 e. The minimum absolute atomic E-state index is 0.0183. The number of nitrogens with zero attached hydrogens (tertiary/aromatic N) is 1. The highest BCUT2D eigenvalue weighted by Crippen LogP contribution is 2.12. The van der Waals surface area contributed by atoms with Gasteiger partial charge in [-0.1, -0.05) is 30.6 Å². The molecular weight excluding hydrogens is 270 g/mol. The lowest BCUT2D eigenvalue weighted by atomic mass is 10.1. The third kappa shape index (κ3) is 6.16. The third-order valence-electron chi connectivity index (χ3n) is 2.97. The molecule has 4 N–H and O–H groups in total. The highest BCUT2D eigenvalue weighted by Gasteiger charge is 2.15. The molecule has 1 aromatic rings. The predicted octanol–water partition coefficient (Wildman–Crippen LogP) is 1.80. The number of benzene rings is 1. The van der Waals surface area contributed by atoms with Crippen LogP contribution >= 0.6 is 0 Å². The zero-order chi connectivity index (χ0) is 15.7. The predicted molar refractivity (Wildman–Crippen MR) is 81.5 cm³/mol. The summed E-state index contributed by atoms with van der Waals surface area (Å²) in [6.45, 7) is 4.22. The lowest BCUT2D eigenvalue weighted by Crippen LogP contribution is -2.44. The summed E-state index contributed by atoms with van der Waals surface area (Å²) in [7, 11) is 0. The van der Waals surface area contributed by atoms with Crippen molar-refractivity contribution < 1.29 is 14.7 Å². The second-order valence-electron chi connectivity index (χ2n) is 4.85. The van der Waals surface area contributed by atoms with Gasteiger partial charge >= 0.3 is 0 Å². The molecule has 6 nitrogen and oxygen atoms in total. The Morgan fingerprint density at radius 1 is 1.52 bits per heavy atom. The van der Waals surface area contributed by atoms with Crippen LogP contribution in [0.25, 0.3) is 0 Å². The first-order chi connectivity index (χ1) is 10.1. The highest BCUT2D eigenvalue weighted by molar-refractivity contribution is 5.89. The van der Waals surface area contributed by atoms with Gasteiger partial charge in [0.05, 0.1) is 19.1 Å². The zero-order valence-electron chi connectivity index (χ0n) is 12.5. The molecule has 116 valence electrons. The van der Waals surface area contributed by atoms with E-state index in [4.69, 9.17) is 15.7 Å². The summed E-state index contributed by atoms with van der Waals surface area (Å²) in [5.74, 6) is 0.571. The second-order valence-corrected chi connectivity index (χ2v) is 4.85. The molecule has 6 heteroatoms. The maximum atomic E-state index is 11.8. The Balaban J connectivity index is 2.39. The van der Waals surface area contributed by atoms with Gasteiger partial charge in [-0.05, 0) is 31.0 Å². The summed E-state index contributed by atoms with van der Waals surface area (Å²) in [6, 6.07) is 7.20. The van der Waals surface area contributed by atoms with E-state index in [1.807, 2.05) is 38.1 Å². The SMILES string of the molecule is CCCC(NC(=O)CCOc1cccc(C)c1)/C(N)=N/O. The average Bonchev–Trinajstić information content (AvgIpc) is 2.46. The van der Waals surface area contributed by atoms with Crippen LogP contribution in [0, 0.1) is 6.92 Å². The summed E-state index contributed by atoms with van der Waals surface area (Å²) in [6.07, 6.45) is 1.66. The van der Waals surface area contributed by atoms with Crippen molar-refractivity contribution in [2.24, 2.45) is 10.9 Å². The number of carbonyl (C=O) groups is 1. The van der Waals surface area contributed by atoms with Crippen molar-refractivity contribution in [3.8, 4) is 5.75 Å². The van der Waals surface area contributed by atoms with E-state index in [-0.39, 0.29) is 24.8 Å². The van der Waals surface area contributed by atoms with Crippen LogP contribution in [0.1, 0.15) is 31.7 Å². The molecule has 0 spiro atoms. The van der Waals surface area contributed by atoms with Crippen LogP contribution in [-0.4, -0.2) is 29.6 Å². The molecule has 0 aliphatic rings. The Labute approximate surface area is 125 Å². The number of rotatable bonds is 8. The lowest BCUT2D eigenvalue weighted by Gasteiger charge is -2.16. The first-order valence-electron chi connectivity index (χ1n) is 7.03. The van der Waals surface area contributed by atoms with Crippen LogP contribution in [0.3, 0.4) is 0 Å². The second kappa shape index (κ2) is 8.84. The highest BCUT2D eigenvalue weighted by atomic mass is 16.5. The molecule has 0 saturated heterocycles. The quantitative estimate of drug-likeness (QED) is 0.295. The Morgan fingerprint density at radius 3 is 2.90 bits per heavy atom. The molecular formula is C15H23N3O3. The number of ether oxygens (including phenoxy) is 1. The van der Waals surface area contributed by atoms with Crippen LogP contribution in [-0.2, 0) is 4.79 Å². The van der Waals surface area contributed by atoms with Crippen LogP contribution in [0.2, 0.25) is 0 Å². The number of amidine groups is 1. The molecule has 1 rings (SSSR count). The van der Waals surface area contributed by atoms with Crippen molar-refractivity contribution in [2.45, 2.75) is 39.2 Å². The molecule has 0 aliphatic heterocycles. The van der Waals surface area contributed by atoms with Crippen LogP contribution in [0.4, 0.5) is 0 Å². The van der Waals surface area contributed by atoms with Crippen LogP contribution < -0.4 is 15.8 Å². The number of carbonyl (C=O) groups excluding carboxylic acids is 1.